The lowest BCUT2D eigenvalue weighted by Gasteiger charge is -2.27. The van der Waals surface area contributed by atoms with Gasteiger partial charge in [0, 0.05) is 24.7 Å². The Balaban J connectivity index is 2.22. The Morgan fingerprint density at radius 1 is 0.971 bits per heavy atom. The Labute approximate surface area is 204 Å². The first-order valence-corrected chi connectivity index (χ1v) is 11.5. The van der Waals surface area contributed by atoms with E-state index in [1.54, 1.807) is 31.2 Å². The highest BCUT2D eigenvalue weighted by Crippen LogP contribution is 2.10. The number of carboxylic acids is 1. The molecule has 0 saturated carbocycles. The highest BCUT2D eigenvalue weighted by molar-refractivity contribution is 5.94. The average Bonchev–Trinajstić information content (AvgIpc) is 3.34. The molecule has 0 aliphatic heterocycles. The summed E-state index contributed by atoms with van der Waals surface area (Å²) in [5.41, 5.74) is 6.95. The van der Waals surface area contributed by atoms with Crippen LogP contribution in [0.4, 0.5) is 0 Å². The molecule has 11 nitrogen and oxygen atoms in total. The molecule has 35 heavy (non-hydrogen) atoms. The van der Waals surface area contributed by atoms with Crippen LogP contribution in [-0.4, -0.2) is 62.9 Å². The standard InChI is InChI=1S/C24H34N6O5/c1-4-14(2)20(30-21(31)15(3)25)23(33)28-18(11-17-12-26-13-27-17)22(32)29-19(24(34)35)10-16-8-6-5-7-9-16/h5-9,12-15,18-20H,4,10-11,25H2,1-3H3,(H,26,27)(H,28,33)(H,29,32)(H,30,31)(H,34,35). The zero-order valence-corrected chi connectivity index (χ0v) is 20.2. The first-order chi connectivity index (χ1) is 16.6. The van der Waals surface area contributed by atoms with Gasteiger partial charge in [-0.25, -0.2) is 9.78 Å². The van der Waals surface area contributed by atoms with Crippen LogP contribution in [0.3, 0.4) is 0 Å². The average molecular weight is 487 g/mol. The molecular weight excluding hydrogens is 452 g/mol. The van der Waals surface area contributed by atoms with E-state index in [4.69, 9.17) is 5.73 Å². The molecule has 0 spiro atoms. The summed E-state index contributed by atoms with van der Waals surface area (Å²) in [7, 11) is 0. The van der Waals surface area contributed by atoms with Crippen molar-refractivity contribution < 1.29 is 24.3 Å². The molecule has 0 aliphatic carbocycles. The molecule has 0 fully saturated rings. The third-order valence-corrected chi connectivity index (χ3v) is 5.72. The van der Waals surface area contributed by atoms with Crippen LogP contribution >= 0.6 is 0 Å². The number of carboxylic acid groups (broad SMARTS) is 1. The van der Waals surface area contributed by atoms with Crippen LogP contribution in [-0.2, 0) is 32.0 Å². The molecule has 5 unspecified atom stereocenters. The smallest absolute Gasteiger partial charge is 0.326 e. The Morgan fingerprint density at radius 3 is 2.17 bits per heavy atom. The number of hydrogen-bond acceptors (Lipinski definition) is 6. The van der Waals surface area contributed by atoms with Gasteiger partial charge in [-0.05, 0) is 18.4 Å². The summed E-state index contributed by atoms with van der Waals surface area (Å²) in [5.74, 6) is -3.16. The molecule has 0 saturated heterocycles. The molecule has 2 rings (SSSR count). The molecule has 1 aromatic heterocycles. The van der Waals surface area contributed by atoms with Crippen molar-refractivity contribution in [3.63, 3.8) is 0 Å². The Morgan fingerprint density at radius 2 is 1.63 bits per heavy atom. The highest BCUT2D eigenvalue weighted by Gasteiger charge is 2.32. The van der Waals surface area contributed by atoms with Crippen LogP contribution < -0.4 is 21.7 Å². The van der Waals surface area contributed by atoms with E-state index in [9.17, 15) is 24.3 Å². The van der Waals surface area contributed by atoms with Gasteiger partial charge in [0.15, 0.2) is 0 Å². The van der Waals surface area contributed by atoms with Gasteiger partial charge in [-0.2, -0.15) is 0 Å². The van der Waals surface area contributed by atoms with Gasteiger partial charge in [0.2, 0.25) is 17.7 Å². The molecule has 11 heteroatoms. The maximum absolute atomic E-state index is 13.2. The van der Waals surface area contributed by atoms with E-state index in [0.29, 0.717) is 12.1 Å². The molecule has 1 aromatic carbocycles. The Bertz CT molecular complexity index is 980. The van der Waals surface area contributed by atoms with Gasteiger partial charge in [0.1, 0.15) is 18.1 Å². The summed E-state index contributed by atoms with van der Waals surface area (Å²) in [6, 6.07) is 4.86. The van der Waals surface area contributed by atoms with Crippen molar-refractivity contribution in [2.75, 3.05) is 0 Å². The number of aromatic amines is 1. The molecule has 2 aromatic rings. The number of aliphatic carboxylic acids is 1. The van der Waals surface area contributed by atoms with Crippen molar-refractivity contribution in [1.29, 1.82) is 0 Å². The number of imidazole rings is 1. The third-order valence-electron chi connectivity index (χ3n) is 5.72. The normalized spacial score (nSPS) is 15.2. The lowest BCUT2D eigenvalue weighted by molar-refractivity contribution is -0.142. The van der Waals surface area contributed by atoms with E-state index in [1.807, 2.05) is 13.0 Å². The number of rotatable bonds is 13. The fraction of sp³-hybridized carbons (Fsp3) is 0.458. The van der Waals surface area contributed by atoms with Crippen LogP contribution in [0.5, 0.6) is 0 Å². The van der Waals surface area contributed by atoms with Gasteiger partial charge in [-0.1, -0.05) is 50.6 Å². The molecule has 5 atom stereocenters. The number of carbonyl (C=O) groups excluding carboxylic acids is 3. The summed E-state index contributed by atoms with van der Waals surface area (Å²) in [6.45, 7) is 5.18. The monoisotopic (exact) mass is 486 g/mol. The topological polar surface area (TPSA) is 179 Å². The third kappa shape index (κ3) is 8.53. The maximum Gasteiger partial charge on any atom is 0.326 e. The van der Waals surface area contributed by atoms with Crippen molar-refractivity contribution in [2.45, 2.75) is 64.2 Å². The summed E-state index contributed by atoms with van der Waals surface area (Å²) in [5, 5.41) is 17.5. The predicted octanol–water partition coefficient (Wildman–Crippen LogP) is 0.127. The summed E-state index contributed by atoms with van der Waals surface area (Å²) < 4.78 is 0. The molecule has 190 valence electrons. The van der Waals surface area contributed by atoms with Crippen molar-refractivity contribution in [3.05, 3.63) is 54.1 Å². The van der Waals surface area contributed by atoms with Crippen LogP contribution in [0.2, 0.25) is 0 Å². The maximum atomic E-state index is 13.2. The first kappa shape index (κ1) is 27.5. The van der Waals surface area contributed by atoms with Gasteiger partial charge in [0.25, 0.3) is 0 Å². The zero-order valence-electron chi connectivity index (χ0n) is 20.2. The van der Waals surface area contributed by atoms with Crippen LogP contribution in [0.15, 0.2) is 42.9 Å². The second-order valence-electron chi connectivity index (χ2n) is 8.59. The first-order valence-electron chi connectivity index (χ1n) is 11.5. The molecule has 3 amide bonds. The highest BCUT2D eigenvalue weighted by atomic mass is 16.4. The Hall–Kier alpha value is -3.73. The number of hydrogen-bond donors (Lipinski definition) is 6. The summed E-state index contributed by atoms with van der Waals surface area (Å²) in [4.78, 5) is 57.2. The number of benzene rings is 1. The second-order valence-corrected chi connectivity index (χ2v) is 8.59. The summed E-state index contributed by atoms with van der Waals surface area (Å²) in [6.07, 6.45) is 3.66. The Kier molecular flexibility index (Phi) is 10.4. The van der Waals surface area contributed by atoms with Gasteiger partial charge < -0.3 is 31.8 Å². The van der Waals surface area contributed by atoms with Crippen LogP contribution in [0, 0.1) is 5.92 Å². The number of aromatic nitrogens is 2. The molecular formula is C24H34N6O5. The van der Waals surface area contributed by atoms with E-state index in [1.165, 1.54) is 19.4 Å². The predicted molar refractivity (Wildman–Crippen MR) is 129 cm³/mol. The van der Waals surface area contributed by atoms with E-state index >= 15 is 0 Å². The number of nitrogens with two attached hydrogens (primary N) is 1. The fourth-order valence-electron chi connectivity index (χ4n) is 3.40. The lowest BCUT2D eigenvalue weighted by Crippen LogP contribution is -2.59. The quantitative estimate of drug-likeness (QED) is 0.233. The number of nitrogens with one attached hydrogen (secondary N) is 4. The second kappa shape index (κ2) is 13.2. The van der Waals surface area contributed by atoms with Gasteiger partial charge >= 0.3 is 5.97 Å². The molecule has 7 N–H and O–H groups in total. The van der Waals surface area contributed by atoms with Crippen LogP contribution in [0.25, 0.3) is 0 Å². The van der Waals surface area contributed by atoms with E-state index in [-0.39, 0.29) is 18.8 Å². The van der Waals surface area contributed by atoms with Gasteiger partial charge in [0.05, 0.1) is 12.4 Å². The molecule has 0 aliphatic rings. The van der Waals surface area contributed by atoms with Crippen molar-refractivity contribution in [2.24, 2.45) is 11.7 Å². The van der Waals surface area contributed by atoms with E-state index < -0.39 is 47.9 Å². The van der Waals surface area contributed by atoms with Crippen LogP contribution in [0.1, 0.15) is 38.4 Å². The van der Waals surface area contributed by atoms with E-state index in [0.717, 1.165) is 5.56 Å². The number of carbonyl (C=O) groups is 4. The summed E-state index contributed by atoms with van der Waals surface area (Å²) >= 11 is 0. The molecule has 1 heterocycles. The molecule has 0 bridgehead atoms. The number of nitrogens with zero attached hydrogens (tertiary/aromatic N) is 1. The SMILES string of the molecule is CCC(C)C(NC(=O)C(C)N)C(=O)NC(Cc1cnc[nH]1)C(=O)NC(Cc1ccccc1)C(=O)O. The number of H-pyrrole nitrogens is 1. The van der Waals surface area contributed by atoms with Crippen molar-refractivity contribution in [3.8, 4) is 0 Å². The van der Waals surface area contributed by atoms with Gasteiger partial charge in [-0.3, -0.25) is 14.4 Å². The fourth-order valence-corrected chi connectivity index (χ4v) is 3.40. The van der Waals surface area contributed by atoms with Crippen molar-refractivity contribution in [1.82, 2.24) is 25.9 Å². The zero-order chi connectivity index (χ0) is 26.0. The van der Waals surface area contributed by atoms with Gasteiger partial charge in [-0.15, -0.1) is 0 Å². The largest absolute Gasteiger partial charge is 0.480 e. The minimum absolute atomic E-state index is 0.0454. The van der Waals surface area contributed by atoms with E-state index in [2.05, 4.69) is 25.9 Å². The lowest BCUT2D eigenvalue weighted by atomic mass is 9.97. The number of amides is 3. The minimum atomic E-state index is -1.20. The molecule has 0 radical (unpaired) electrons. The van der Waals surface area contributed by atoms with Crippen molar-refractivity contribution >= 4 is 23.7 Å². The minimum Gasteiger partial charge on any atom is -0.480 e.